The summed E-state index contributed by atoms with van der Waals surface area (Å²) in [5.41, 5.74) is 0. The Kier molecular flexibility index (Phi) is 20.9. The fourth-order valence-electron chi connectivity index (χ4n) is 2.41. The van der Waals surface area contributed by atoms with Gasteiger partial charge in [0.15, 0.2) is 6.10 Å². The van der Waals surface area contributed by atoms with Gasteiger partial charge in [-0.2, -0.15) is 0 Å². The van der Waals surface area contributed by atoms with Gasteiger partial charge in [0.25, 0.3) is 0 Å². The van der Waals surface area contributed by atoms with E-state index in [1.54, 1.807) is 0 Å². The van der Waals surface area contributed by atoms with E-state index < -0.39 is 38.7 Å². The van der Waals surface area contributed by atoms with Gasteiger partial charge >= 0.3 is 26.2 Å². The van der Waals surface area contributed by atoms with Crippen LogP contribution in [0.4, 0.5) is 0 Å². The second-order valence-corrected chi connectivity index (χ2v) is 6.95. The molecule has 0 amide bonds. The fourth-order valence-corrected chi connectivity index (χ4v) is 2.41. The first-order valence-electron chi connectivity index (χ1n) is 9.70. The molecular formula is C18H34O9P+. The third kappa shape index (κ3) is 24.6. The summed E-state index contributed by atoms with van der Waals surface area (Å²) in [6, 6.07) is 0. The van der Waals surface area contributed by atoms with Gasteiger partial charge in [0.2, 0.25) is 0 Å². The Labute approximate surface area is 167 Å². The van der Waals surface area contributed by atoms with Crippen molar-refractivity contribution < 1.29 is 43.7 Å². The molecule has 0 heterocycles. The van der Waals surface area contributed by atoms with Crippen molar-refractivity contribution in [3.8, 4) is 0 Å². The summed E-state index contributed by atoms with van der Waals surface area (Å²) in [6.07, 6.45) is 10.3. The van der Waals surface area contributed by atoms with Crippen LogP contribution >= 0.6 is 8.25 Å². The van der Waals surface area contributed by atoms with Crippen LogP contribution < -0.4 is 0 Å². The van der Waals surface area contributed by atoms with E-state index >= 15 is 0 Å². The molecule has 9 nitrogen and oxygen atoms in total. The van der Waals surface area contributed by atoms with Crippen LogP contribution in [0.2, 0.25) is 0 Å². The number of hydrogen-bond acceptors (Lipinski definition) is 6. The van der Waals surface area contributed by atoms with E-state index in [4.69, 9.17) is 19.5 Å². The molecule has 0 rings (SSSR count). The molecule has 1 atom stereocenters. The van der Waals surface area contributed by atoms with Crippen LogP contribution in [0.5, 0.6) is 0 Å². The van der Waals surface area contributed by atoms with Crippen molar-refractivity contribution >= 4 is 26.2 Å². The lowest BCUT2D eigenvalue weighted by Crippen LogP contribution is -2.28. The normalized spacial score (nSPS) is 11.1. The molecule has 0 aliphatic heterocycles. The standard InChI is InChI=1S/C18H32O6.HO3P/c1-2-3-4-5-6-7-8-9-10-11-12-13-17(22)24-18(23)15(19)14-16(20)21;1-4(2)3/h15,19H,2-14H2,1H3,(H,20,21);(H-,1,2,3)/p+1. The maximum absolute atomic E-state index is 11.4. The maximum Gasteiger partial charge on any atom is 0.692 e. The number of carboxylic acids is 1. The smallest absolute Gasteiger partial charge is 0.481 e. The number of hydrogen-bond donors (Lipinski definition) is 4. The van der Waals surface area contributed by atoms with E-state index in [0.29, 0.717) is 6.42 Å². The van der Waals surface area contributed by atoms with Crippen LogP contribution in [0.25, 0.3) is 0 Å². The highest BCUT2D eigenvalue weighted by Crippen LogP contribution is 2.12. The summed E-state index contributed by atoms with van der Waals surface area (Å²) in [5, 5.41) is 17.6. The number of aliphatic hydroxyl groups excluding tert-OH is 1. The molecule has 28 heavy (non-hydrogen) atoms. The second kappa shape index (κ2) is 20.3. The van der Waals surface area contributed by atoms with Gasteiger partial charge in [0, 0.05) is 11.0 Å². The maximum atomic E-state index is 11.4. The monoisotopic (exact) mass is 425 g/mol. The first-order chi connectivity index (χ1) is 13.2. The highest BCUT2D eigenvalue weighted by atomic mass is 31.1. The number of aliphatic hydroxyl groups is 1. The summed E-state index contributed by atoms with van der Waals surface area (Å²) in [6.45, 7) is 2.21. The van der Waals surface area contributed by atoms with Crippen molar-refractivity contribution in [3.05, 3.63) is 0 Å². The van der Waals surface area contributed by atoms with Crippen molar-refractivity contribution in [1.29, 1.82) is 0 Å². The summed E-state index contributed by atoms with van der Waals surface area (Å²) in [7, 11) is -2.87. The van der Waals surface area contributed by atoms with E-state index in [1.165, 1.54) is 44.9 Å². The van der Waals surface area contributed by atoms with Crippen molar-refractivity contribution in [2.45, 2.75) is 96.5 Å². The second-order valence-electron chi connectivity index (χ2n) is 6.45. The van der Waals surface area contributed by atoms with E-state index in [0.717, 1.165) is 19.3 Å². The summed E-state index contributed by atoms with van der Waals surface area (Å²) in [4.78, 5) is 47.2. The van der Waals surface area contributed by atoms with Crippen LogP contribution in [-0.2, 0) is 23.7 Å². The third-order valence-corrected chi connectivity index (χ3v) is 3.84. The topological polar surface area (TPSA) is 158 Å². The molecule has 0 radical (unpaired) electrons. The molecule has 0 bridgehead atoms. The minimum atomic E-state index is -2.87. The van der Waals surface area contributed by atoms with E-state index in [2.05, 4.69) is 11.7 Å². The molecule has 1 unspecified atom stereocenters. The molecular weight excluding hydrogens is 391 g/mol. The Hall–Kier alpha value is -1.41. The number of carboxylic acid groups (broad SMARTS) is 1. The van der Waals surface area contributed by atoms with Crippen LogP contribution in [-0.4, -0.2) is 44.0 Å². The Balaban J connectivity index is 0. The number of unbranched alkanes of at least 4 members (excludes halogenated alkanes) is 10. The molecule has 4 N–H and O–H groups in total. The van der Waals surface area contributed by atoms with Crippen molar-refractivity contribution in [1.82, 2.24) is 0 Å². The van der Waals surface area contributed by atoms with Gasteiger partial charge in [-0.25, -0.2) is 4.79 Å². The molecule has 0 aromatic rings. The molecule has 164 valence electrons. The number of aliphatic carboxylic acids is 1. The van der Waals surface area contributed by atoms with Crippen LogP contribution in [0.3, 0.4) is 0 Å². The quantitative estimate of drug-likeness (QED) is 0.134. The molecule has 0 aliphatic rings. The van der Waals surface area contributed by atoms with Gasteiger partial charge in [0.1, 0.15) is 0 Å². The van der Waals surface area contributed by atoms with Gasteiger partial charge in [-0.05, 0) is 6.42 Å². The van der Waals surface area contributed by atoms with Gasteiger partial charge in [-0.3, -0.25) is 9.59 Å². The van der Waals surface area contributed by atoms with E-state index in [1.807, 2.05) is 0 Å². The predicted molar refractivity (Wildman–Crippen MR) is 102 cm³/mol. The molecule has 0 spiro atoms. The number of carbonyl (C=O) groups excluding carboxylic acids is 2. The highest BCUT2D eigenvalue weighted by molar-refractivity contribution is 7.30. The van der Waals surface area contributed by atoms with Gasteiger partial charge < -0.3 is 14.9 Å². The van der Waals surface area contributed by atoms with Crippen LogP contribution in [0.1, 0.15) is 90.4 Å². The van der Waals surface area contributed by atoms with E-state index in [-0.39, 0.29) is 6.42 Å². The summed E-state index contributed by atoms with van der Waals surface area (Å²) >= 11 is 0. The summed E-state index contributed by atoms with van der Waals surface area (Å²) < 4.78 is 13.1. The summed E-state index contributed by atoms with van der Waals surface area (Å²) in [5.74, 6) is -3.22. The van der Waals surface area contributed by atoms with Crippen LogP contribution in [0.15, 0.2) is 0 Å². The number of esters is 2. The predicted octanol–water partition coefficient (Wildman–Crippen LogP) is 3.22. The van der Waals surface area contributed by atoms with Gasteiger partial charge in [-0.15, -0.1) is 9.79 Å². The highest BCUT2D eigenvalue weighted by Gasteiger charge is 2.22. The zero-order valence-corrected chi connectivity index (χ0v) is 17.4. The molecule has 0 aliphatic carbocycles. The molecule has 0 fully saturated rings. The Morgan fingerprint density at radius 3 is 1.64 bits per heavy atom. The minimum Gasteiger partial charge on any atom is -0.481 e. The van der Waals surface area contributed by atoms with Crippen molar-refractivity contribution in [2.75, 3.05) is 0 Å². The zero-order chi connectivity index (χ0) is 21.8. The number of carbonyl (C=O) groups is 3. The minimum absolute atomic E-state index is 0.114. The van der Waals surface area contributed by atoms with Gasteiger partial charge in [0.05, 0.1) is 6.42 Å². The van der Waals surface area contributed by atoms with Crippen LogP contribution in [0, 0.1) is 0 Å². The number of rotatable bonds is 15. The van der Waals surface area contributed by atoms with Crippen molar-refractivity contribution in [3.63, 3.8) is 0 Å². The average Bonchev–Trinajstić information content (AvgIpc) is 2.58. The molecule has 0 saturated carbocycles. The lowest BCUT2D eigenvalue weighted by molar-refractivity contribution is -0.168. The van der Waals surface area contributed by atoms with Crippen molar-refractivity contribution in [2.24, 2.45) is 0 Å². The Morgan fingerprint density at radius 1 is 0.857 bits per heavy atom. The van der Waals surface area contributed by atoms with Gasteiger partial charge in [-0.1, -0.05) is 71.1 Å². The first-order valence-corrected chi connectivity index (χ1v) is 10.9. The number of ether oxygens (including phenoxy) is 1. The molecule has 10 heteroatoms. The lowest BCUT2D eigenvalue weighted by atomic mass is 10.1. The fraction of sp³-hybridized carbons (Fsp3) is 0.833. The molecule has 0 saturated heterocycles. The molecule has 0 aromatic carbocycles. The largest absolute Gasteiger partial charge is 0.692 e. The molecule has 0 aromatic heterocycles. The lowest BCUT2D eigenvalue weighted by Gasteiger charge is -2.07. The third-order valence-electron chi connectivity index (χ3n) is 3.84. The first kappa shape index (κ1) is 28.8. The Morgan fingerprint density at radius 2 is 1.25 bits per heavy atom. The van der Waals surface area contributed by atoms with E-state index in [9.17, 15) is 19.5 Å². The Bertz CT molecular complexity index is 450. The zero-order valence-electron chi connectivity index (χ0n) is 16.5. The SMILES string of the molecule is CCCCCCCCCCCCCC(=O)OC(=O)C(O)CC(=O)O.O=[P+](O)O. The average molecular weight is 425 g/mol.